The predicted molar refractivity (Wildman–Crippen MR) is 119 cm³/mol. The van der Waals surface area contributed by atoms with Crippen LogP contribution in [0.1, 0.15) is 30.7 Å². The van der Waals surface area contributed by atoms with Crippen molar-refractivity contribution in [2.24, 2.45) is 0 Å². The molecule has 0 radical (unpaired) electrons. The van der Waals surface area contributed by atoms with Crippen molar-refractivity contribution in [2.75, 3.05) is 6.54 Å². The summed E-state index contributed by atoms with van der Waals surface area (Å²) in [7, 11) is 0. The van der Waals surface area contributed by atoms with E-state index in [1.54, 1.807) is 28.9 Å². The maximum atomic E-state index is 13.5. The average Bonchev–Trinajstić information content (AvgIpc) is 3.22. The van der Waals surface area contributed by atoms with Crippen molar-refractivity contribution in [1.82, 2.24) is 24.5 Å². The molecule has 0 atom stereocenters. The molecule has 164 valence electrons. The van der Waals surface area contributed by atoms with Crippen molar-refractivity contribution in [3.8, 4) is 5.69 Å². The Morgan fingerprint density at radius 3 is 2.62 bits per heavy atom. The minimum absolute atomic E-state index is 0.000317. The topological polar surface area (TPSA) is 81.3 Å². The number of halogens is 1. The minimum atomic E-state index is -0.422. The third kappa shape index (κ3) is 5.08. The fraction of sp³-hybridized carbons (Fsp3) is 0.250. The molecule has 0 spiro atoms. The van der Waals surface area contributed by atoms with E-state index in [4.69, 9.17) is 0 Å². The number of amides is 1. The van der Waals surface area contributed by atoms with E-state index in [1.165, 1.54) is 22.3 Å². The normalized spacial score (nSPS) is 11.0. The van der Waals surface area contributed by atoms with Gasteiger partial charge >= 0.3 is 5.56 Å². The number of carbonyl (C=O) groups excluding carboxylic acids is 1. The third-order valence-corrected chi connectivity index (χ3v) is 5.24. The minimum Gasteiger partial charge on any atom is -0.356 e. The Hall–Kier alpha value is -3.81. The summed E-state index contributed by atoms with van der Waals surface area (Å²) in [6, 6.07) is 16.0. The standard InChI is InChI=1S/C24H24FN5O2/c25-19-10-4-11-20(17-19)29-15-16-30-21(27-28-23(30)24(29)32)12-5-13-22(31)26-14-6-9-18-7-2-1-3-8-18/h1-4,7-8,10-11,15-17H,5-6,9,12-14H2,(H,26,31). The van der Waals surface area contributed by atoms with Crippen LogP contribution in [-0.2, 0) is 17.6 Å². The zero-order valence-corrected chi connectivity index (χ0v) is 17.6. The Morgan fingerprint density at radius 2 is 1.81 bits per heavy atom. The number of hydrogen-bond donors (Lipinski definition) is 1. The zero-order chi connectivity index (χ0) is 22.3. The van der Waals surface area contributed by atoms with Gasteiger partial charge in [0.2, 0.25) is 11.6 Å². The summed E-state index contributed by atoms with van der Waals surface area (Å²) < 4.78 is 16.5. The fourth-order valence-corrected chi connectivity index (χ4v) is 3.60. The first-order valence-electron chi connectivity index (χ1n) is 10.6. The van der Waals surface area contributed by atoms with Crippen molar-refractivity contribution >= 4 is 11.6 Å². The number of aromatic nitrogens is 4. The lowest BCUT2D eigenvalue weighted by molar-refractivity contribution is -0.121. The molecule has 0 unspecified atom stereocenters. The van der Waals surface area contributed by atoms with E-state index >= 15 is 0 Å². The van der Waals surface area contributed by atoms with Gasteiger partial charge < -0.3 is 5.32 Å². The maximum Gasteiger partial charge on any atom is 0.300 e. The SMILES string of the molecule is O=C(CCCc1nnc2c(=O)n(-c3cccc(F)c3)ccn12)NCCCc1ccccc1. The van der Waals surface area contributed by atoms with E-state index in [-0.39, 0.29) is 17.1 Å². The number of hydrogen-bond acceptors (Lipinski definition) is 4. The molecule has 0 aliphatic heterocycles. The number of nitrogens with one attached hydrogen (secondary N) is 1. The number of nitrogens with zero attached hydrogens (tertiary/aromatic N) is 4. The van der Waals surface area contributed by atoms with Crippen molar-refractivity contribution in [1.29, 1.82) is 0 Å². The van der Waals surface area contributed by atoms with Gasteiger partial charge in [-0.2, -0.15) is 0 Å². The lowest BCUT2D eigenvalue weighted by Crippen LogP contribution is -2.24. The lowest BCUT2D eigenvalue weighted by atomic mass is 10.1. The molecule has 2 heterocycles. The molecule has 0 bridgehead atoms. The van der Waals surface area contributed by atoms with Crippen molar-refractivity contribution < 1.29 is 9.18 Å². The van der Waals surface area contributed by atoms with Crippen molar-refractivity contribution in [2.45, 2.75) is 32.1 Å². The first-order chi connectivity index (χ1) is 15.6. The Balaban J connectivity index is 1.29. The first-order valence-corrected chi connectivity index (χ1v) is 10.6. The van der Waals surface area contributed by atoms with Gasteiger partial charge in [0.25, 0.3) is 0 Å². The van der Waals surface area contributed by atoms with E-state index in [0.29, 0.717) is 37.3 Å². The molecule has 0 aliphatic carbocycles. The Bertz CT molecular complexity index is 1270. The summed E-state index contributed by atoms with van der Waals surface area (Å²) in [5, 5.41) is 11.1. The summed E-state index contributed by atoms with van der Waals surface area (Å²) in [5.41, 5.74) is 1.47. The molecule has 4 rings (SSSR count). The van der Waals surface area contributed by atoms with Gasteiger partial charge in [-0.05, 0) is 43.0 Å². The molecular formula is C24H24FN5O2. The van der Waals surface area contributed by atoms with Gasteiger partial charge in [-0.3, -0.25) is 18.6 Å². The van der Waals surface area contributed by atoms with Gasteiger partial charge in [0.15, 0.2) is 0 Å². The van der Waals surface area contributed by atoms with Crippen LogP contribution in [0.5, 0.6) is 0 Å². The van der Waals surface area contributed by atoms with E-state index < -0.39 is 5.82 Å². The van der Waals surface area contributed by atoms with Crippen LogP contribution < -0.4 is 10.9 Å². The largest absolute Gasteiger partial charge is 0.356 e. The average molecular weight is 433 g/mol. The number of benzene rings is 2. The first kappa shape index (κ1) is 21.4. The molecule has 1 amide bonds. The summed E-state index contributed by atoms with van der Waals surface area (Å²) in [6.07, 6.45) is 6.56. The predicted octanol–water partition coefficient (Wildman–Crippen LogP) is 3.09. The molecule has 0 saturated heterocycles. The van der Waals surface area contributed by atoms with Gasteiger partial charge in [-0.25, -0.2) is 4.39 Å². The molecule has 0 saturated carbocycles. The smallest absolute Gasteiger partial charge is 0.300 e. The number of aryl methyl sites for hydroxylation is 2. The van der Waals surface area contributed by atoms with E-state index in [0.717, 1.165) is 12.8 Å². The van der Waals surface area contributed by atoms with Crippen LogP contribution in [0.4, 0.5) is 4.39 Å². The summed E-state index contributed by atoms with van der Waals surface area (Å²) in [4.78, 5) is 24.8. The van der Waals surface area contributed by atoms with E-state index in [1.807, 2.05) is 18.2 Å². The molecule has 7 nitrogen and oxygen atoms in total. The highest BCUT2D eigenvalue weighted by Crippen LogP contribution is 2.10. The number of carbonyl (C=O) groups is 1. The van der Waals surface area contributed by atoms with Crippen LogP contribution in [0.15, 0.2) is 71.8 Å². The van der Waals surface area contributed by atoms with E-state index in [2.05, 4.69) is 27.6 Å². The van der Waals surface area contributed by atoms with Gasteiger partial charge in [0, 0.05) is 31.8 Å². The molecule has 1 N–H and O–H groups in total. The van der Waals surface area contributed by atoms with Crippen molar-refractivity contribution in [3.05, 3.63) is 94.5 Å². The Kier molecular flexibility index (Phi) is 6.69. The highest BCUT2D eigenvalue weighted by molar-refractivity contribution is 5.75. The fourth-order valence-electron chi connectivity index (χ4n) is 3.60. The van der Waals surface area contributed by atoms with Crippen LogP contribution >= 0.6 is 0 Å². The second-order valence-electron chi connectivity index (χ2n) is 7.56. The monoisotopic (exact) mass is 433 g/mol. The summed E-state index contributed by atoms with van der Waals surface area (Å²) >= 11 is 0. The summed E-state index contributed by atoms with van der Waals surface area (Å²) in [6.45, 7) is 0.640. The van der Waals surface area contributed by atoms with Crippen LogP contribution in [0.25, 0.3) is 11.3 Å². The zero-order valence-electron chi connectivity index (χ0n) is 17.6. The Morgan fingerprint density at radius 1 is 0.969 bits per heavy atom. The van der Waals surface area contributed by atoms with E-state index in [9.17, 15) is 14.0 Å². The number of rotatable bonds is 9. The van der Waals surface area contributed by atoms with Gasteiger partial charge in [0.05, 0.1) is 5.69 Å². The van der Waals surface area contributed by atoms with Crippen LogP contribution in [-0.4, -0.2) is 31.6 Å². The quantitative estimate of drug-likeness (QED) is 0.411. The van der Waals surface area contributed by atoms with Gasteiger partial charge in [0.1, 0.15) is 11.6 Å². The molecule has 2 aromatic heterocycles. The second kappa shape index (κ2) is 10.00. The molecule has 32 heavy (non-hydrogen) atoms. The molecule has 8 heteroatoms. The van der Waals surface area contributed by atoms with Crippen LogP contribution in [0, 0.1) is 5.82 Å². The highest BCUT2D eigenvalue weighted by atomic mass is 19.1. The van der Waals surface area contributed by atoms with Gasteiger partial charge in [-0.1, -0.05) is 36.4 Å². The highest BCUT2D eigenvalue weighted by Gasteiger charge is 2.12. The van der Waals surface area contributed by atoms with Crippen LogP contribution in [0.2, 0.25) is 0 Å². The lowest BCUT2D eigenvalue weighted by Gasteiger charge is -2.07. The Labute approximate surface area is 184 Å². The third-order valence-electron chi connectivity index (χ3n) is 5.24. The summed E-state index contributed by atoms with van der Waals surface area (Å²) in [5.74, 6) is 0.190. The molecule has 0 fully saturated rings. The van der Waals surface area contributed by atoms with Crippen LogP contribution in [0.3, 0.4) is 0 Å². The van der Waals surface area contributed by atoms with Gasteiger partial charge in [-0.15, -0.1) is 10.2 Å². The molecular weight excluding hydrogens is 409 g/mol. The second-order valence-corrected chi connectivity index (χ2v) is 7.56. The van der Waals surface area contributed by atoms with Crippen molar-refractivity contribution in [3.63, 3.8) is 0 Å². The maximum absolute atomic E-state index is 13.5. The molecule has 2 aromatic carbocycles. The number of fused-ring (bicyclic) bond motifs is 1. The molecule has 0 aliphatic rings. The molecule has 4 aromatic rings.